The number of thioether (sulfide) groups is 1. The van der Waals surface area contributed by atoms with Crippen molar-refractivity contribution >= 4 is 40.9 Å². The molecule has 7 heteroatoms. The Kier molecular flexibility index (Phi) is 4.79. The van der Waals surface area contributed by atoms with Crippen molar-refractivity contribution in [3.63, 3.8) is 0 Å². The van der Waals surface area contributed by atoms with Gasteiger partial charge >= 0.3 is 5.97 Å². The number of hydroxylamine groups is 2. The SMILES string of the molecule is O=C(ON1C(=O)c2ccccc2C1=O)c1ccccc1SCc1ccsc1. The standard InChI is InChI=1S/C20H13NO4S2/c22-18-14-5-1-2-6-15(14)19(23)21(18)25-20(24)16-7-3-4-8-17(16)27-12-13-9-10-26-11-13/h1-11H,12H2. The van der Waals surface area contributed by atoms with E-state index in [0.717, 1.165) is 10.5 Å². The Morgan fingerprint density at radius 2 is 1.63 bits per heavy atom. The quantitative estimate of drug-likeness (QED) is 0.473. The molecule has 5 nitrogen and oxygen atoms in total. The van der Waals surface area contributed by atoms with Crippen molar-refractivity contribution in [1.29, 1.82) is 0 Å². The van der Waals surface area contributed by atoms with E-state index in [-0.39, 0.29) is 11.1 Å². The van der Waals surface area contributed by atoms with Crippen LogP contribution >= 0.6 is 23.1 Å². The molecule has 0 bridgehead atoms. The summed E-state index contributed by atoms with van der Waals surface area (Å²) in [4.78, 5) is 43.3. The lowest BCUT2D eigenvalue weighted by Crippen LogP contribution is -2.32. The van der Waals surface area contributed by atoms with Crippen LogP contribution in [0.2, 0.25) is 0 Å². The van der Waals surface area contributed by atoms with E-state index in [4.69, 9.17) is 4.84 Å². The smallest absolute Gasteiger partial charge is 0.324 e. The van der Waals surface area contributed by atoms with Crippen LogP contribution in [0.1, 0.15) is 36.6 Å². The van der Waals surface area contributed by atoms with Crippen molar-refractivity contribution < 1.29 is 19.2 Å². The average molecular weight is 395 g/mol. The highest BCUT2D eigenvalue weighted by Crippen LogP contribution is 2.29. The van der Waals surface area contributed by atoms with Gasteiger partial charge in [-0.1, -0.05) is 29.3 Å². The molecule has 0 saturated carbocycles. The van der Waals surface area contributed by atoms with Gasteiger partial charge in [0.25, 0.3) is 11.8 Å². The number of hydrogen-bond donors (Lipinski definition) is 0. The lowest BCUT2D eigenvalue weighted by molar-refractivity contribution is -0.0586. The molecule has 1 aliphatic rings. The summed E-state index contributed by atoms with van der Waals surface area (Å²) in [5.41, 5.74) is 1.94. The fourth-order valence-electron chi connectivity index (χ4n) is 2.68. The molecule has 0 saturated heterocycles. The van der Waals surface area contributed by atoms with E-state index in [9.17, 15) is 14.4 Å². The molecule has 0 aliphatic carbocycles. The van der Waals surface area contributed by atoms with E-state index in [2.05, 4.69) is 0 Å². The summed E-state index contributed by atoms with van der Waals surface area (Å²) >= 11 is 3.11. The zero-order chi connectivity index (χ0) is 18.8. The van der Waals surface area contributed by atoms with Crippen LogP contribution in [0.15, 0.2) is 70.3 Å². The fourth-order valence-corrected chi connectivity index (χ4v) is 4.44. The highest BCUT2D eigenvalue weighted by molar-refractivity contribution is 7.98. The van der Waals surface area contributed by atoms with Crippen molar-refractivity contribution in [2.75, 3.05) is 0 Å². The summed E-state index contributed by atoms with van der Waals surface area (Å²) in [7, 11) is 0. The lowest BCUT2D eigenvalue weighted by Gasteiger charge is -2.14. The Balaban J connectivity index is 1.52. The maximum atomic E-state index is 12.6. The third kappa shape index (κ3) is 3.39. The molecule has 2 amide bonds. The largest absolute Gasteiger partial charge is 0.365 e. The Morgan fingerprint density at radius 3 is 2.30 bits per heavy atom. The van der Waals surface area contributed by atoms with Gasteiger partial charge in [-0.2, -0.15) is 11.3 Å². The second kappa shape index (κ2) is 7.38. The summed E-state index contributed by atoms with van der Waals surface area (Å²) in [5, 5.41) is 4.58. The number of rotatable bonds is 5. The number of thiophene rings is 1. The second-order valence-electron chi connectivity index (χ2n) is 5.75. The molecule has 0 atom stereocenters. The number of nitrogens with zero attached hydrogens (tertiary/aromatic N) is 1. The zero-order valence-corrected chi connectivity index (χ0v) is 15.6. The first-order valence-electron chi connectivity index (χ1n) is 8.08. The van der Waals surface area contributed by atoms with E-state index in [1.807, 2.05) is 29.0 Å². The van der Waals surface area contributed by atoms with Crippen LogP contribution < -0.4 is 0 Å². The molecule has 27 heavy (non-hydrogen) atoms. The summed E-state index contributed by atoms with van der Waals surface area (Å²) in [6, 6.07) is 15.4. The molecule has 2 aromatic carbocycles. The number of hydrogen-bond acceptors (Lipinski definition) is 6. The molecule has 134 valence electrons. The highest BCUT2D eigenvalue weighted by Gasteiger charge is 2.39. The van der Waals surface area contributed by atoms with Gasteiger partial charge in [0.05, 0.1) is 16.7 Å². The number of fused-ring (bicyclic) bond motifs is 1. The third-order valence-corrected chi connectivity index (χ3v) is 5.89. The van der Waals surface area contributed by atoms with Crippen LogP contribution in [0.5, 0.6) is 0 Å². The van der Waals surface area contributed by atoms with E-state index in [1.54, 1.807) is 35.6 Å². The molecule has 4 rings (SSSR count). The van der Waals surface area contributed by atoms with Crippen molar-refractivity contribution in [3.8, 4) is 0 Å². The Labute approximate surface area is 163 Å². The number of imide groups is 1. The van der Waals surface area contributed by atoms with E-state index in [1.165, 1.54) is 23.9 Å². The molecule has 0 spiro atoms. The van der Waals surface area contributed by atoms with Crippen molar-refractivity contribution in [2.45, 2.75) is 10.6 Å². The topological polar surface area (TPSA) is 63.7 Å². The van der Waals surface area contributed by atoms with Crippen molar-refractivity contribution in [3.05, 3.63) is 87.6 Å². The van der Waals surface area contributed by atoms with Gasteiger partial charge in [0, 0.05) is 10.6 Å². The summed E-state index contributed by atoms with van der Waals surface area (Å²) in [5.74, 6) is -1.29. The first-order valence-corrected chi connectivity index (χ1v) is 10.0. The molecule has 0 N–H and O–H groups in total. The van der Waals surface area contributed by atoms with Crippen molar-refractivity contribution in [2.24, 2.45) is 0 Å². The van der Waals surface area contributed by atoms with Crippen LogP contribution in [-0.2, 0) is 10.6 Å². The Hall–Kier alpha value is -2.90. The van der Waals surface area contributed by atoms with Gasteiger partial charge in [0.1, 0.15) is 0 Å². The van der Waals surface area contributed by atoms with E-state index < -0.39 is 17.8 Å². The van der Waals surface area contributed by atoms with Gasteiger partial charge in [-0.15, -0.1) is 11.8 Å². The van der Waals surface area contributed by atoms with Gasteiger partial charge in [0.15, 0.2) is 0 Å². The minimum Gasteiger partial charge on any atom is -0.324 e. The van der Waals surface area contributed by atoms with E-state index >= 15 is 0 Å². The molecule has 0 radical (unpaired) electrons. The summed E-state index contributed by atoms with van der Waals surface area (Å²) in [6.07, 6.45) is 0. The maximum absolute atomic E-state index is 12.6. The van der Waals surface area contributed by atoms with Gasteiger partial charge in [-0.05, 0) is 46.7 Å². The monoisotopic (exact) mass is 395 g/mol. The minimum absolute atomic E-state index is 0.232. The maximum Gasteiger partial charge on any atom is 0.365 e. The van der Waals surface area contributed by atoms with Gasteiger partial charge in [0.2, 0.25) is 0 Å². The predicted molar refractivity (Wildman–Crippen MR) is 103 cm³/mol. The molecular formula is C20H13NO4S2. The first-order chi connectivity index (χ1) is 13.1. The molecular weight excluding hydrogens is 382 g/mol. The average Bonchev–Trinajstić information content (AvgIpc) is 3.30. The third-order valence-electron chi connectivity index (χ3n) is 4.01. The lowest BCUT2D eigenvalue weighted by atomic mass is 10.1. The molecule has 0 fully saturated rings. The van der Waals surface area contributed by atoms with Crippen LogP contribution in [0.4, 0.5) is 0 Å². The van der Waals surface area contributed by atoms with E-state index in [0.29, 0.717) is 16.4 Å². The van der Waals surface area contributed by atoms with Gasteiger partial charge in [-0.3, -0.25) is 9.59 Å². The van der Waals surface area contributed by atoms with Crippen LogP contribution in [0.25, 0.3) is 0 Å². The van der Waals surface area contributed by atoms with Crippen LogP contribution in [-0.4, -0.2) is 22.8 Å². The van der Waals surface area contributed by atoms with Crippen LogP contribution in [0.3, 0.4) is 0 Å². The number of amides is 2. The zero-order valence-electron chi connectivity index (χ0n) is 14.0. The van der Waals surface area contributed by atoms with Crippen LogP contribution in [0, 0.1) is 0 Å². The number of benzene rings is 2. The van der Waals surface area contributed by atoms with Gasteiger partial charge < -0.3 is 4.84 Å². The summed E-state index contributed by atoms with van der Waals surface area (Å²) < 4.78 is 0. The highest BCUT2D eigenvalue weighted by atomic mass is 32.2. The number of carbonyl (C=O) groups excluding carboxylic acids is 3. The number of carbonyl (C=O) groups is 3. The molecule has 1 aliphatic heterocycles. The Morgan fingerprint density at radius 1 is 0.963 bits per heavy atom. The predicted octanol–water partition coefficient (Wildman–Crippen LogP) is 4.41. The molecule has 1 aromatic heterocycles. The second-order valence-corrected chi connectivity index (χ2v) is 7.54. The van der Waals surface area contributed by atoms with Crippen molar-refractivity contribution in [1.82, 2.24) is 5.06 Å². The fraction of sp³-hybridized carbons (Fsp3) is 0.0500. The first kappa shape index (κ1) is 17.5. The van der Waals surface area contributed by atoms with Gasteiger partial charge in [-0.25, -0.2) is 4.79 Å². The minimum atomic E-state index is -0.738. The molecule has 3 aromatic rings. The molecule has 2 heterocycles. The molecule has 0 unspecified atom stereocenters. The normalized spacial score (nSPS) is 13.0. The summed E-state index contributed by atoms with van der Waals surface area (Å²) in [6.45, 7) is 0. The Bertz CT molecular complexity index is 995.